The lowest BCUT2D eigenvalue weighted by molar-refractivity contribution is -0.147. The van der Waals surface area contributed by atoms with Gasteiger partial charge in [0, 0.05) is 31.7 Å². The van der Waals surface area contributed by atoms with Crippen LogP contribution in [-0.2, 0) is 9.53 Å². The predicted molar refractivity (Wildman–Crippen MR) is 76.1 cm³/mol. The van der Waals surface area contributed by atoms with Gasteiger partial charge in [-0.2, -0.15) is 0 Å². The van der Waals surface area contributed by atoms with E-state index in [-0.39, 0.29) is 11.5 Å². The highest BCUT2D eigenvalue weighted by Crippen LogP contribution is 2.42. The van der Waals surface area contributed by atoms with Crippen molar-refractivity contribution >= 4 is 5.97 Å². The zero-order valence-corrected chi connectivity index (χ0v) is 12.7. The molecule has 1 heterocycles. The van der Waals surface area contributed by atoms with E-state index in [1.54, 1.807) is 0 Å². The standard InChI is InChI=1S/C15H28N2O2/c1-4-19-14(18)12-15(6-5-13(2)11-15)17-9-7-16(3)8-10-17/h13H,4-12H2,1-3H3. The summed E-state index contributed by atoms with van der Waals surface area (Å²) in [6, 6.07) is 0. The summed E-state index contributed by atoms with van der Waals surface area (Å²) in [6.45, 7) is 9.08. The first-order valence-electron chi connectivity index (χ1n) is 7.65. The van der Waals surface area contributed by atoms with Crippen LogP contribution in [0.3, 0.4) is 0 Å². The van der Waals surface area contributed by atoms with E-state index < -0.39 is 0 Å². The molecule has 0 radical (unpaired) electrons. The Hall–Kier alpha value is -0.610. The van der Waals surface area contributed by atoms with E-state index in [0.717, 1.165) is 44.9 Å². The van der Waals surface area contributed by atoms with Crippen LogP contribution in [0.15, 0.2) is 0 Å². The zero-order valence-electron chi connectivity index (χ0n) is 12.7. The van der Waals surface area contributed by atoms with Gasteiger partial charge >= 0.3 is 5.97 Å². The number of ether oxygens (including phenoxy) is 1. The number of hydrogen-bond donors (Lipinski definition) is 0. The van der Waals surface area contributed by atoms with Crippen molar-refractivity contribution in [2.24, 2.45) is 5.92 Å². The zero-order chi connectivity index (χ0) is 13.9. The molecular weight excluding hydrogens is 240 g/mol. The molecule has 2 fully saturated rings. The molecule has 4 nitrogen and oxygen atoms in total. The molecule has 4 heteroatoms. The van der Waals surface area contributed by atoms with Crippen molar-refractivity contribution in [2.45, 2.75) is 45.1 Å². The predicted octanol–water partition coefficient (Wildman–Crippen LogP) is 1.75. The van der Waals surface area contributed by atoms with E-state index in [0.29, 0.717) is 13.0 Å². The maximum absolute atomic E-state index is 12.0. The number of carbonyl (C=O) groups excluding carboxylic acids is 1. The molecule has 1 saturated carbocycles. The molecule has 0 aromatic heterocycles. The van der Waals surface area contributed by atoms with Crippen molar-refractivity contribution in [3.63, 3.8) is 0 Å². The maximum atomic E-state index is 12.0. The monoisotopic (exact) mass is 268 g/mol. The normalized spacial score (nSPS) is 33.5. The molecule has 1 aliphatic carbocycles. The molecule has 2 atom stereocenters. The first-order chi connectivity index (χ1) is 9.05. The summed E-state index contributed by atoms with van der Waals surface area (Å²) in [5.74, 6) is 0.713. The number of rotatable bonds is 4. The average Bonchev–Trinajstić information content (AvgIpc) is 2.73. The van der Waals surface area contributed by atoms with Gasteiger partial charge in [0.15, 0.2) is 0 Å². The largest absolute Gasteiger partial charge is 0.466 e. The van der Waals surface area contributed by atoms with Crippen molar-refractivity contribution < 1.29 is 9.53 Å². The van der Waals surface area contributed by atoms with Crippen LogP contribution in [0.5, 0.6) is 0 Å². The second kappa shape index (κ2) is 6.23. The number of hydrogen-bond acceptors (Lipinski definition) is 4. The number of carbonyl (C=O) groups is 1. The van der Waals surface area contributed by atoms with Gasteiger partial charge in [-0.25, -0.2) is 0 Å². The summed E-state index contributed by atoms with van der Waals surface area (Å²) in [5, 5.41) is 0. The van der Waals surface area contributed by atoms with Crippen molar-refractivity contribution in [3.05, 3.63) is 0 Å². The van der Waals surface area contributed by atoms with Gasteiger partial charge in [-0.3, -0.25) is 9.69 Å². The second-order valence-corrected chi connectivity index (χ2v) is 6.34. The Labute approximate surface area is 117 Å². The average molecular weight is 268 g/mol. The van der Waals surface area contributed by atoms with Gasteiger partial charge in [0.2, 0.25) is 0 Å². The Morgan fingerprint density at radius 2 is 2.00 bits per heavy atom. The van der Waals surface area contributed by atoms with Gasteiger partial charge in [0.25, 0.3) is 0 Å². The lowest BCUT2D eigenvalue weighted by Crippen LogP contribution is -2.56. The first-order valence-corrected chi connectivity index (χ1v) is 7.65. The molecule has 0 N–H and O–H groups in total. The molecule has 0 aromatic carbocycles. The van der Waals surface area contributed by atoms with E-state index >= 15 is 0 Å². The summed E-state index contributed by atoms with van der Waals surface area (Å²) >= 11 is 0. The molecule has 19 heavy (non-hydrogen) atoms. The Morgan fingerprint density at radius 1 is 1.32 bits per heavy atom. The Kier molecular flexibility index (Phi) is 4.85. The Morgan fingerprint density at radius 3 is 2.53 bits per heavy atom. The third-order valence-corrected chi connectivity index (χ3v) is 4.78. The fourth-order valence-electron chi connectivity index (χ4n) is 3.69. The third-order valence-electron chi connectivity index (χ3n) is 4.78. The van der Waals surface area contributed by atoms with Crippen molar-refractivity contribution in [1.82, 2.24) is 9.80 Å². The minimum atomic E-state index is -0.0180. The summed E-state index contributed by atoms with van der Waals surface area (Å²) in [6.07, 6.45) is 4.12. The summed E-state index contributed by atoms with van der Waals surface area (Å²) < 4.78 is 5.20. The minimum Gasteiger partial charge on any atom is -0.466 e. The molecule has 1 saturated heterocycles. The Balaban J connectivity index is 2.04. The van der Waals surface area contributed by atoms with Gasteiger partial charge in [0.1, 0.15) is 0 Å². The van der Waals surface area contributed by atoms with Crippen LogP contribution in [0.1, 0.15) is 39.5 Å². The van der Waals surface area contributed by atoms with E-state index in [1.165, 1.54) is 6.42 Å². The molecule has 110 valence electrons. The third kappa shape index (κ3) is 3.48. The molecule has 1 aliphatic heterocycles. The molecule has 2 aliphatic rings. The first kappa shape index (κ1) is 14.8. The van der Waals surface area contributed by atoms with Crippen molar-refractivity contribution in [1.29, 1.82) is 0 Å². The highest BCUT2D eigenvalue weighted by molar-refractivity contribution is 5.71. The van der Waals surface area contributed by atoms with Crippen LogP contribution in [-0.4, -0.2) is 61.1 Å². The van der Waals surface area contributed by atoms with Gasteiger partial charge in [0.05, 0.1) is 13.0 Å². The second-order valence-electron chi connectivity index (χ2n) is 6.34. The minimum absolute atomic E-state index is 0.0180. The summed E-state index contributed by atoms with van der Waals surface area (Å²) in [7, 11) is 2.17. The van der Waals surface area contributed by atoms with Gasteiger partial charge < -0.3 is 9.64 Å². The molecular formula is C15H28N2O2. The fourth-order valence-corrected chi connectivity index (χ4v) is 3.69. The quantitative estimate of drug-likeness (QED) is 0.727. The van der Waals surface area contributed by atoms with E-state index in [9.17, 15) is 4.79 Å². The molecule has 2 rings (SSSR count). The molecule has 0 spiro atoms. The summed E-state index contributed by atoms with van der Waals surface area (Å²) in [4.78, 5) is 16.9. The van der Waals surface area contributed by atoms with Crippen LogP contribution < -0.4 is 0 Å². The number of esters is 1. The van der Waals surface area contributed by atoms with Gasteiger partial charge in [-0.15, -0.1) is 0 Å². The van der Waals surface area contributed by atoms with Crippen LogP contribution in [0.4, 0.5) is 0 Å². The molecule has 0 aromatic rings. The van der Waals surface area contributed by atoms with Crippen LogP contribution >= 0.6 is 0 Å². The summed E-state index contributed by atoms with van der Waals surface area (Å²) in [5.41, 5.74) is 0.0763. The number of nitrogens with zero attached hydrogens (tertiary/aromatic N) is 2. The molecule has 0 amide bonds. The number of likely N-dealkylation sites (N-methyl/N-ethyl adjacent to an activating group) is 1. The SMILES string of the molecule is CCOC(=O)CC1(N2CCN(C)CC2)CCC(C)C1. The lowest BCUT2D eigenvalue weighted by Gasteiger charge is -2.45. The van der Waals surface area contributed by atoms with Gasteiger partial charge in [-0.1, -0.05) is 6.92 Å². The Bertz CT molecular complexity index is 313. The van der Waals surface area contributed by atoms with E-state index in [4.69, 9.17) is 4.74 Å². The van der Waals surface area contributed by atoms with Crippen LogP contribution in [0.25, 0.3) is 0 Å². The van der Waals surface area contributed by atoms with E-state index in [1.807, 2.05) is 6.92 Å². The molecule has 0 bridgehead atoms. The highest BCUT2D eigenvalue weighted by Gasteiger charge is 2.44. The number of piperazine rings is 1. The van der Waals surface area contributed by atoms with Crippen LogP contribution in [0, 0.1) is 5.92 Å². The van der Waals surface area contributed by atoms with E-state index in [2.05, 4.69) is 23.8 Å². The maximum Gasteiger partial charge on any atom is 0.307 e. The highest BCUT2D eigenvalue weighted by atomic mass is 16.5. The van der Waals surface area contributed by atoms with Crippen molar-refractivity contribution in [3.8, 4) is 0 Å². The van der Waals surface area contributed by atoms with Crippen LogP contribution in [0.2, 0.25) is 0 Å². The van der Waals surface area contributed by atoms with Gasteiger partial charge in [-0.05, 0) is 39.2 Å². The fraction of sp³-hybridized carbons (Fsp3) is 0.933. The molecule has 2 unspecified atom stereocenters. The smallest absolute Gasteiger partial charge is 0.307 e. The lowest BCUT2D eigenvalue weighted by atomic mass is 9.89. The van der Waals surface area contributed by atoms with Crippen molar-refractivity contribution in [2.75, 3.05) is 39.8 Å². The topological polar surface area (TPSA) is 32.8 Å².